The molecule has 3 aromatic rings. The molecule has 8 nitrogen and oxygen atoms in total. The molecule has 0 fully saturated rings. The number of rotatable bonds is 5. The first kappa shape index (κ1) is 19.0. The number of aryl methyl sites for hydroxylation is 1. The van der Waals surface area contributed by atoms with E-state index >= 15 is 0 Å². The molecule has 0 unspecified atom stereocenters. The fourth-order valence-electron chi connectivity index (χ4n) is 3.05. The van der Waals surface area contributed by atoms with E-state index in [1.807, 2.05) is 31.2 Å². The second-order valence-corrected chi connectivity index (χ2v) is 6.46. The van der Waals surface area contributed by atoms with Crippen molar-refractivity contribution in [1.82, 2.24) is 9.88 Å². The van der Waals surface area contributed by atoms with Crippen LogP contribution in [0.25, 0.3) is 10.9 Å². The molecule has 8 heteroatoms. The lowest BCUT2D eigenvalue weighted by Gasteiger charge is -2.15. The largest absolute Gasteiger partial charge is 0.506 e. The van der Waals surface area contributed by atoms with Crippen LogP contribution >= 0.6 is 0 Å². The van der Waals surface area contributed by atoms with Gasteiger partial charge >= 0.3 is 5.97 Å². The molecule has 1 heterocycles. The summed E-state index contributed by atoms with van der Waals surface area (Å²) >= 11 is 0. The van der Waals surface area contributed by atoms with Crippen LogP contribution in [0.2, 0.25) is 0 Å². The standard InChI is InChI=1S/C20H19N3O5/c1-11-3-2-4-12(7-11)10-23-15-8-13(21)5-6-14(15)18(26)17(20(23)28)19(27)22-9-16(24)25/h2-8,26H,9-10,21H2,1H3,(H,22,27)(H,24,25). The Balaban J connectivity index is 2.22. The number of fused-ring (bicyclic) bond motifs is 1. The maximum atomic E-state index is 13.0. The molecule has 0 aliphatic heterocycles. The number of carboxylic acids is 1. The number of hydrogen-bond acceptors (Lipinski definition) is 5. The SMILES string of the molecule is Cc1cccc(Cn2c(=O)c(C(=O)NCC(=O)O)c(O)c3ccc(N)cc32)c1. The number of hydrogen-bond donors (Lipinski definition) is 4. The number of carbonyl (C=O) groups is 2. The molecule has 0 saturated carbocycles. The zero-order valence-corrected chi connectivity index (χ0v) is 15.1. The molecule has 1 amide bonds. The van der Waals surface area contributed by atoms with Gasteiger partial charge in [-0.15, -0.1) is 0 Å². The Morgan fingerprint density at radius 2 is 1.93 bits per heavy atom. The van der Waals surface area contributed by atoms with Crippen molar-refractivity contribution >= 4 is 28.5 Å². The molecule has 2 aromatic carbocycles. The van der Waals surface area contributed by atoms with E-state index in [0.717, 1.165) is 11.1 Å². The van der Waals surface area contributed by atoms with Crippen LogP contribution in [0.4, 0.5) is 5.69 Å². The van der Waals surface area contributed by atoms with Gasteiger partial charge in [0.05, 0.1) is 12.1 Å². The molecular weight excluding hydrogens is 362 g/mol. The van der Waals surface area contributed by atoms with Crippen molar-refractivity contribution in [3.8, 4) is 5.75 Å². The average Bonchev–Trinajstić information content (AvgIpc) is 2.63. The van der Waals surface area contributed by atoms with Gasteiger partial charge in [0.25, 0.3) is 11.5 Å². The summed E-state index contributed by atoms with van der Waals surface area (Å²) in [4.78, 5) is 36.2. The van der Waals surface area contributed by atoms with Crippen LogP contribution < -0.4 is 16.6 Å². The number of amides is 1. The van der Waals surface area contributed by atoms with E-state index in [1.54, 1.807) is 12.1 Å². The summed E-state index contributed by atoms with van der Waals surface area (Å²) in [5.74, 6) is -2.73. The van der Waals surface area contributed by atoms with Crippen LogP contribution in [0.5, 0.6) is 5.75 Å². The van der Waals surface area contributed by atoms with Crippen molar-refractivity contribution in [1.29, 1.82) is 0 Å². The summed E-state index contributed by atoms with van der Waals surface area (Å²) in [6.07, 6.45) is 0. The maximum Gasteiger partial charge on any atom is 0.322 e. The fraction of sp³-hybridized carbons (Fsp3) is 0.150. The first-order valence-electron chi connectivity index (χ1n) is 8.48. The van der Waals surface area contributed by atoms with Crippen molar-refractivity contribution in [3.63, 3.8) is 0 Å². The topological polar surface area (TPSA) is 135 Å². The van der Waals surface area contributed by atoms with Gasteiger partial charge in [0.15, 0.2) is 0 Å². The van der Waals surface area contributed by atoms with Crippen molar-refractivity contribution in [3.05, 3.63) is 69.5 Å². The van der Waals surface area contributed by atoms with Crippen molar-refractivity contribution < 1.29 is 19.8 Å². The van der Waals surface area contributed by atoms with Crippen LogP contribution in [0.1, 0.15) is 21.5 Å². The highest BCUT2D eigenvalue weighted by Crippen LogP contribution is 2.28. The van der Waals surface area contributed by atoms with E-state index in [9.17, 15) is 19.5 Å². The third-order valence-corrected chi connectivity index (χ3v) is 4.31. The van der Waals surface area contributed by atoms with Gasteiger partial charge < -0.3 is 25.8 Å². The minimum Gasteiger partial charge on any atom is -0.506 e. The molecule has 5 N–H and O–H groups in total. The number of nitrogens with two attached hydrogens (primary N) is 1. The van der Waals surface area contributed by atoms with E-state index in [2.05, 4.69) is 5.32 Å². The Kier molecular flexibility index (Phi) is 5.04. The number of carboxylic acid groups (broad SMARTS) is 1. The van der Waals surface area contributed by atoms with Gasteiger partial charge in [0.1, 0.15) is 17.9 Å². The molecule has 0 aliphatic carbocycles. The molecule has 0 saturated heterocycles. The van der Waals surface area contributed by atoms with Crippen LogP contribution in [-0.4, -0.2) is 33.2 Å². The molecule has 144 valence electrons. The molecule has 28 heavy (non-hydrogen) atoms. The molecule has 0 spiro atoms. The Bertz CT molecular complexity index is 1150. The normalized spacial score (nSPS) is 10.8. The van der Waals surface area contributed by atoms with Gasteiger partial charge in [-0.3, -0.25) is 14.4 Å². The van der Waals surface area contributed by atoms with Crippen LogP contribution in [0.15, 0.2) is 47.3 Å². The number of anilines is 1. The van der Waals surface area contributed by atoms with Gasteiger partial charge in [-0.05, 0) is 30.7 Å². The van der Waals surface area contributed by atoms with E-state index in [0.29, 0.717) is 11.2 Å². The smallest absolute Gasteiger partial charge is 0.322 e. The van der Waals surface area contributed by atoms with Gasteiger partial charge in [-0.25, -0.2) is 0 Å². The van der Waals surface area contributed by atoms with Crippen molar-refractivity contribution in [2.24, 2.45) is 0 Å². The number of nitrogens with one attached hydrogen (secondary N) is 1. The average molecular weight is 381 g/mol. The van der Waals surface area contributed by atoms with Crippen molar-refractivity contribution in [2.75, 3.05) is 12.3 Å². The number of aromatic nitrogens is 1. The molecule has 0 bridgehead atoms. The summed E-state index contributed by atoms with van der Waals surface area (Å²) < 4.78 is 1.34. The highest BCUT2D eigenvalue weighted by molar-refractivity contribution is 6.03. The minimum atomic E-state index is -1.26. The van der Waals surface area contributed by atoms with Crippen LogP contribution in [-0.2, 0) is 11.3 Å². The lowest BCUT2D eigenvalue weighted by atomic mass is 10.1. The third kappa shape index (κ3) is 3.66. The van der Waals surface area contributed by atoms with Crippen LogP contribution in [0.3, 0.4) is 0 Å². The highest BCUT2D eigenvalue weighted by atomic mass is 16.4. The number of aromatic hydroxyl groups is 1. The van der Waals surface area contributed by atoms with Gasteiger partial charge in [-0.1, -0.05) is 29.8 Å². The predicted octanol–water partition coefficient (Wildman–Crippen LogP) is 1.46. The molecular formula is C20H19N3O5. The molecule has 0 atom stereocenters. The number of nitrogen functional groups attached to an aromatic ring is 1. The monoisotopic (exact) mass is 381 g/mol. The lowest BCUT2D eigenvalue weighted by Crippen LogP contribution is -2.36. The van der Waals surface area contributed by atoms with E-state index < -0.39 is 35.3 Å². The van der Waals surface area contributed by atoms with E-state index in [4.69, 9.17) is 10.8 Å². The lowest BCUT2D eigenvalue weighted by molar-refractivity contribution is -0.135. The number of pyridine rings is 1. The summed E-state index contributed by atoms with van der Waals surface area (Å²) in [5.41, 5.74) is 7.21. The van der Waals surface area contributed by atoms with E-state index in [1.165, 1.54) is 10.6 Å². The number of benzene rings is 2. The quantitative estimate of drug-likeness (QED) is 0.494. The van der Waals surface area contributed by atoms with Gasteiger partial charge in [-0.2, -0.15) is 0 Å². The Labute approximate surface area is 159 Å². The predicted molar refractivity (Wildman–Crippen MR) is 105 cm³/mol. The molecule has 1 aromatic heterocycles. The highest BCUT2D eigenvalue weighted by Gasteiger charge is 2.23. The number of aliphatic carboxylic acids is 1. The summed E-state index contributed by atoms with van der Waals surface area (Å²) in [7, 11) is 0. The zero-order chi connectivity index (χ0) is 20.4. The summed E-state index contributed by atoms with van der Waals surface area (Å²) in [6, 6.07) is 12.1. The zero-order valence-electron chi connectivity index (χ0n) is 15.1. The number of nitrogens with zero attached hydrogens (tertiary/aromatic N) is 1. The first-order valence-corrected chi connectivity index (χ1v) is 8.48. The van der Waals surface area contributed by atoms with Crippen molar-refractivity contribution in [2.45, 2.75) is 13.5 Å². The summed E-state index contributed by atoms with van der Waals surface area (Å²) in [6.45, 7) is 1.40. The van der Waals surface area contributed by atoms with Gasteiger partial charge in [0, 0.05) is 11.1 Å². The first-order chi connectivity index (χ1) is 13.3. The van der Waals surface area contributed by atoms with E-state index in [-0.39, 0.29) is 11.9 Å². The molecule has 0 aliphatic rings. The fourth-order valence-corrected chi connectivity index (χ4v) is 3.05. The second-order valence-electron chi connectivity index (χ2n) is 6.46. The second kappa shape index (κ2) is 7.43. The Morgan fingerprint density at radius 3 is 2.61 bits per heavy atom. The van der Waals surface area contributed by atoms with Gasteiger partial charge in [0.2, 0.25) is 0 Å². The summed E-state index contributed by atoms with van der Waals surface area (Å²) in [5, 5.41) is 21.7. The number of carbonyl (C=O) groups excluding carboxylic acids is 1. The minimum absolute atomic E-state index is 0.153. The van der Waals surface area contributed by atoms with Crippen LogP contribution in [0, 0.1) is 6.92 Å². The Hall–Kier alpha value is -3.81. The maximum absolute atomic E-state index is 13.0. The Morgan fingerprint density at radius 1 is 1.18 bits per heavy atom. The molecule has 0 radical (unpaired) electrons. The third-order valence-electron chi connectivity index (χ3n) is 4.31. The molecule has 3 rings (SSSR count).